The van der Waals surface area contributed by atoms with Gasteiger partial charge in [-0.1, -0.05) is 29.8 Å². The van der Waals surface area contributed by atoms with E-state index < -0.39 is 0 Å². The highest BCUT2D eigenvalue weighted by Gasteiger charge is 2.11. The minimum absolute atomic E-state index is 0.0548. The number of thiophene rings is 1. The highest BCUT2D eigenvalue weighted by Crippen LogP contribution is 2.28. The summed E-state index contributed by atoms with van der Waals surface area (Å²) in [6.07, 6.45) is 0. The van der Waals surface area contributed by atoms with E-state index in [2.05, 4.69) is 5.32 Å². The molecular weight excluding hydrogens is 294 g/mol. The fourth-order valence-electron chi connectivity index (χ4n) is 1.88. The van der Waals surface area contributed by atoms with Crippen LogP contribution in [0, 0.1) is 0 Å². The van der Waals surface area contributed by atoms with E-state index in [1.807, 2.05) is 30.3 Å². The Kier molecular flexibility index (Phi) is 3.34. The second-order valence-electron chi connectivity index (χ2n) is 4.27. The molecule has 0 radical (unpaired) electrons. The second-order valence-corrected chi connectivity index (χ2v) is 5.76. The molecule has 1 aromatic heterocycles. The van der Waals surface area contributed by atoms with Crippen molar-refractivity contribution in [1.82, 2.24) is 0 Å². The molecule has 0 fully saturated rings. The van der Waals surface area contributed by atoms with Crippen molar-refractivity contribution in [1.29, 1.82) is 0 Å². The Labute approximate surface area is 124 Å². The van der Waals surface area contributed by atoms with Crippen LogP contribution in [0.1, 0.15) is 9.67 Å². The van der Waals surface area contributed by atoms with Gasteiger partial charge in [-0.2, -0.15) is 0 Å². The van der Waals surface area contributed by atoms with E-state index in [1.165, 1.54) is 23.5 Å². The summed E-state index contributed by atoms with van der Waals surface area (Å²) < 4.78 is 1.07. The first-order valence-electron chi connectivity index (χ1n) is 5.92. The summed E-state index contributed by atoms with van der Waals surface area (Å²) in [5.41, 5.74) is 0.509. The van der Waals surface area contributed by atoms with Crippen molar-refractivity contribution < 1.29 is 9.90 Å². The number of anilines is 1. The number of benzene rings is 2. The van der Waals surface area contributed by atoms with Gasteiger partial charge in [0.2, 0.25) is 0 Å². The highest BCUT2D eigenvalue weighted by atomic mass is 35.5. The Hall–Kier alpha value is -2.04. The molecule has 0 atom stereocenters. The lowest BCUT2D eigenvalue weighted by Crippen LogP contribution is -2.09. The molecule has 0 saturated heterocycles. The molecule has 0 spiro atoms. The van der Waals surface area contributed by atoms with Gasteiger partial charge in [0.05, 0.1) is 9.90 Å². The van der Waals surface area contributed by atoms with Crippen LogP contribution in [0.2, 0.25) is 5.02 Å². The Balaban J connectivity index is 1.86. The van der Waals surface area contributed by atoms with Crippen LogP contribution in [0.4, 0.5) is 5.69 Å². The van der Waals surface area contributed by atoms with E-state index >= 15 is 0 Å². The molecule has 2 N–H and O–H groups in total. The molecule has 5 heteroatoms. The van der Waals surface area contributed by atoms with Gasteiger partial charge in [-0.25, -0.2) is 0 Å². The summed E-state index contributed by atoms with van der Waals surface area (Å²) in [5, 5.41) is 13.6. The van der Waals surface area contributed by atoms with Crippen molar-refractivity contribution in [2.24, 2.45) is 0 Å². The first-order chi connectivity index (χ1) is 9.63. The average Bonchev–Trinajstić information content (AvgIpc) is 2.87. The molecule has 0 unspecified atom stereocenters. The van der Waals surface area contributed by atoms with Crippen molar-refractivity contribution in [2.75, 3.05) is 5.32 Å². The van der Waals surface area contributed by atoms with Crippen LogP contribution in [0.3, 0.4) is 0 Å². The molecule has 0 saturated carbocycles. The molecule has 3 nitrogen and oxygen atoms in total. The first kappa shape index (κ1) is 13.0. The van der Waals surface area contributed by atoms with Crippen molar-refractivity contribution >= 4 is 44.6 Å². The molecule has 3 rings (SSSR count). The maximum absolute atomic E-state index is 12.2. The number of hydrogen-bond acceptors (Lipinski definition) is 3. The molecule has 100 valence electrons. The van der Waals surface area contributed by atoms with Gasteiger partial charge in [0.15, 0.2) is 0 Å². The lowest BCUT2D eigenvalue weighted by molar-refractivity contribution is 0.103. The number of nitrogens with one attached hydrogen (secondary N) is 1. The predicted octanol–water partition coefficient (Wildman–Crippen LogP) is 4.51. The number of phenolic OH excluding ortho intramolecular Hbond substituents is 1. The van der Waals surface area contributed by atoms with E-state index in [0.29, 0.717) is 10.6 Å². The minimum Gasteiger partial charge on any atom is -0.506 e. The first-order valence-corrected chi connectivity index (χ1v) is 7.11. The lowest BCUT2D eigenvalue weighted by Gasteiger charge is -2.04. The molecular formula is C15H10ClNO2S. The van der Waals surface area contributed by atoms with E-state index in [4.69, 9.17) is 11.6 Å². The fraction of sp³-hybridized carbons (Fsp3) is 0. The summed E-state index contributed by atoms with van der Waals surface area (Å²) in [5.74, 6) is -0.256. The Morgan fingerprint density at radius 3 is 2.70 bits per heavy atom. The molecule has 0 aliphatic carbocycles. The van der Waals surface area contributed by atoms with Gasteiger partial charge < -0.3 is 10.4 Å². The summed E-state index contributed by atoms with van der Waals surface area (Å²) in [6.45, 7) is 0. The number of carbonyl (C=O) groups is 1. The zero-order valence-electron chi connectivity index (χ0n) is 10.3. The summed E-state index contributed by atoms with van der Waals surface area (Å²) in [4.78, 5) is 12.8. The monoisotopic (exact) mass is 303 g/mol. The summed E-state index contributed by atoms with van der Waals surface area (Å²) in [7, 11) is 0. The van der Waals surface area contributed by atoms with Crippen molar-refractivity contribution in [3.8, 4) is 5.75 Å². The minimum atomic E-state index is -0.201. The normalized spacial score (nSPS) is 10.7. The average molecular weight is 304 g/mol. The Morgan fingerprint density at radius 1 is 1.15 bits per heavy atom. The number of amides is 1. The van der Waals surface area contributed by atoms with Gasteiger partial charge in [-0.15, -0.1) is 11.3 Å². The number of hydrogen-bond donors (Lipinski definition) is 2. The SMILES string of the molecule is O=C(Nc1ccc(Cl)c(O)c1)c1cc2ccccc2s1. The van der Waals surface area contributed by atoms with Crippen LogP contribution in [-0.2, 0) is 0 Å². The fourth-order valence-corrected chi connectivity index (χ4v) is 2.95. The largest absolute Gasteiger partial charge is 0.506 e. The quantitative estimate of drug-likeness (QED) is 0.731. The third-order valence-corrected chi connectivity index (χ3v) is 4.29. The maximum atomic E-state index is 12.2. The molecule has 1 heterocycles. The molecule has 0 aliphatic heterocycles. The van der Waals surface area contributed by atoms with E-state index in [0.717, 1.165) is 10.1 Å². The van der Waals surface area contributed by atoms with Gasteiger partial charge in [-0.05, 0) is 29.7 Å². The molecule has 0 aliphatic rings. The molecule has 20 heavy (non-hydrogen) atoms. The Morgan fingerprint density at radius 2 is 1.95 bits per heavy atom. The topological polar surface area (TPSA) is 49.3 Å². The highest BCUT2D eigenvalue weighted by molar-refractivity contribution is 7.20. The van der Waals surface area contributed by atoms with Gasteiger partial charge in [0.1, 0.15) is 5.75 Å². The predicted molar refractivity (Wildman–Crippen MR) is 82.9 cm³/mol. The van der Waals surface area contributed by atoms with Gasteiger partial charge >= 0.3 is 0 Å². The van der Waals surface area contributed by atoms with Crippen molar-refractivity contribution in [3.63, 3.8) is 0 Å². The van der Waals surface area contributed by atoms with Crippen LogP contribution in [0.15, 0.2) is 48.5 Å². The summed E-state index contributed by atoms with van der Waals surface area (Å²) in [6, 6.07) is 14.3. The van der Waals surface area contributed by atoms with E-state index in [9.17, 15) is 9.90 Å². The molecule has 2 aromatic carbocycles. The molecule has 3 aromatic rings. The Bertz CT molecular complexity index is 764. The lowest BCUT2D eigenvalue weighted by atomic mass is 10.2. The maximum Gasteiger partial charge on any atom is 0.265 e. The van der Waals surface area contributed by atoms with E-state index in [1.54, 1.807) is 6.07 Å². The van der Waals surface area contributed by atoms with Crippen LogP contribution >= 0.6 is 22.9 Å². The van der Waals surface area contributed by atoms with Crippen molar-refractivity contribution in [3.05, 3.63) is 58.4 Å². The van der Waals surface area contributed by atoms with Crippen molar-refractivity contribution in [2.45, 2.75) is 0 Å². The number of halogens is 1. The zero-order valence-corrected chi connectivity index (χ0v) is 11.8. The van der Waals surface area contributed by atoms with Crippen LogP contribution < -0.4 is 5.32 Å². The number of aromatic hydroxyl groups is 1. The number of fused-ring (bicyclic) bond motifs is 1. The number of phenols is 1. The van der Waals surface area contributed by atoms with Crippen LogP contribution in [0.5, 0.6) is 5.75 Å². The van der Waals surface area contributed by atoms with Crippen LogP contribution in [-0.4, -0.2) is 11.0 Å². The van der Waals surface area contributed by atoms with Gasteiger partial charge in [-0.3, -0.25) is 4.79 Å². The van der Waals surface area contributed by atoms with Gasteiger partial charge in [0.25, 0.3) is 5.91 Å². The van der Waals surface area contributed by atoms with Gasteiger partial charge in [0, 0.05) is 16.5 Å². The smallest absolute Gasteiger partial charge is 0.265 e. The third-order valence-electron chi connectivity index (χ3n) is 2.85. The second kappa shape index (κ2) is 5.15. The number of rotatable bonds is 2. The van der Waals surface area contributed by atoms with E-state index in [-0.39, 0.29) is 16.7 Å². The summed E-state index contributed by atoms with van der Waals surface area (Å²) >= 11 is 7.16. The molecule has 0 bridgehead atoms. The molecule has 1 amide bonds. The zero-order chi connectivity index (χ0) is 14.1. The number of carbonyl (C=O) groups excluding carboxylic acids is 1. The standard InChI is InChI=1S/C15H10ClNO2S/c16-11-6-5-10(8-12(11)18)17-15(19)14-7-9-3-1-2-4-13(9)20-14/h1-8,18H,(H,17,19). The third kappa shape index (κ3) is 2.48. The van der Waals surface area contributed by atoms with Crippen LogP contribution in [0.25, 0.3) is 10.1 Å².